The fourth-order valence-electron chi connectivity index (χ4n) is 2.76. The van der Waals surface area contributed by atoms with Crippen LogP contribution in [0.1, 0.15) is 29.5 Å². The molecule has 2 aromatic rings. The minimum atomic E-state index is -0.869. The molecule has 1 unspecified atom stereocenters. The third-order valence-corrected chi connectivity index (χ3v) is 4.15. The topological polar surface area (TPSA) is 87.7 Å². The summed E-state index contributed by atoms with van der Waals surface area (Å²) in [5.74, 6) is -0.869. The number of ether oxygens (including phenoxy) is 1. The Bertz CT molecular complexity index is 717. The van der Waals surface area contributed by atoms with Crippen molar-refractivity contribution in [1.29, 1.82) is 0 Å². The van der Waals surface area contributed by atoms with Gasteiger partial charge in [-0.3, -0.25) is 4.79 Å². The van der Waals surface area contributed by atoms with Crippen LogP contribution in [0.2, 0.25) is 0 Å². The summed E-state index contributed by atoms with van der Waals surface area (Å²) in [7, 11) is 1.65. The van der Waals surface area contributed by atoms with Crippen LogP contribution in [-0.4, -0.2) is 30.3 Å². The van der Waals surface area contributed by atoms with E-state index >= 15 is 0 Å². The van der Waals surface area contributed by atoms with Crippen molar-refractivity contribution in [3.8, 4) is 0 Å². The van der Waals surface area contributed by atoms with Crippen LogP contribution in [0, 0.1) is 0 Å². The van der Waals surface area contributed by atoms with Crippen LogP contribution in [0.15, 0.2) is 54.6 Å². The molecule has 144 valence electrons. The molecule has 0 saturated heterocycles. The maximum atomic E-state index is 12.2. The number of carbonyl (C=O) groups is 2. The number of urea groups is 1. The molecule has 0 bridgehead atoms. The maximum Gasteiger partial charge on any atom is 0.315 e. The van der Waals surface area contributed by atoms with Gasteiger partial charge < -0.3 is 20.5 Å². The second-order valence-corrected chi connectivity index (χ2v) is 6.40. The predicted octanol–water partition coefficient (Wildman–Crippen LogP) is 3.11. The molecular weight excluding hydrogens is 344 g/mol. The van der Waals surface area contributed by atoms with Crippen molar-refractivity contribution in [2.24, 2.45) is 0 Å². The molecule has 0 aliphatic heterocycles. The Kier molecular flexibility index (Phi) is 8.32. The molecular formula is C21H26N2O4. The van der Waals surface area contributed by atoms with Crippen LogP contribution in [0.3, 0.4) is 0 Å². The standard InChI is InChI=1S/C21H26N2O4/c1-27-15-18-9-7-17(8-10-18)14-22-21(26)23-19(11-12-20(24)25)13-16-5-3-2-4-6-16/h2-10,19H,11-15H2,1H3,(H,24,25)(H2,22,23,26). The average molecular weight is 370 g/mol. The van der Waals surface area contributed by atoms with Gasteiger partial charge in [0.15, 0.2) is 0 Å². The molecule has 0 saturated carbocycles. The minimum Gasteiger partial charge on any atom is -0.481 e. The highest BCUT2D eigenvalue weighted by Crippen LogP contribution is 2.09. The molecule has 2 amide bonds. The quantitative estimate of drug-likeness (QED) is 0.600. The lowest BCUT2D eigenvalue weighted by atomic mass is 10.0. The normalized spacial score (nSPS) is 11.6. The maximum absolute atomic E-state index is 12.2. The molecule has 1 atom stereocenters. The van der Waals surface area contributed by atoms with Gasteiger partial charge in [0.05, 0.1) is 6.61 Å². The van der Waals surface area contributed by atoms with Gasteiger partial charge in [-0.1, -0.05) is 54.6 Å². The number of carboxylic acids is 1. The molecule has 0 fully saturated rings. The van der Waals surface area contributed by atoms with Gasteiger partial charge in [-0.15, -0.1) is 0 Å². The number of benzene rings is 2. The molecule has 27 heavy (non-hydrogen) atoms. The second-order valence-electron chi connectivity index (χ2n) is 6.40. The van der Waals surface area contributed by atoms with Crippen molar-refractivity contribution >= 4 is 12.0 Å². The van der Waals surface area contributed by atoms with E-state index in [0.29, 0.717) is 26.0 Å². The van der Waals surface area contributed by atoms with E-state index < -0.39 is 5.97 Å². The van der Waals surface area contributed by atoms with Crippen molar-refractivity contribution < 1.29 is 19.4 Å². The van der Waals surface area contributed by atoms with E-state index in [1.165, 1.54) is 0 Å². The zero-order valence-corrected chi connectivity index (χ0v) is 15.5. The minimum absolute atomic E-state index is 0.0126. The highest BCUT2D eigenvalue weighted by Gasteiger charge is 2.14. The Morgan fingerprint density at radius 3 is 2.30 bits per heavy atom. The highest BCUT2D eigenvalue weighted by molar-refractivity contribution is 5.74. The first-order chi connectivity index (χ1) is 13.1. The van der Waals surface area contributed by atoms with Gasteiger partial charge in [0.2, 0.25) is 0 Å². The zero-order chi connectivity index (χ0) is 19.5. The van der Waals surface area contributed by atoms with E-state index in [-0.39, 0.29) is 18.5 Å². The van der Waals surface area contributed by atoms with Crippen molar-refractivity contribution in [3.63, 3.8) is 0 Å². The Balaban J connectivity index is 1.86. The summed E-state index contributed by atoms with van der Waals surface area (Å²) < 4.78 is 5.08. The summed E-state index contributed by atoms with van der Waals surface area (Å²) in [5, 5.41) is 14.7. The lowest BCUT2D eigenvalue weighted by Crippen LogP contribution is -2.43. The third kappa shape index (κ3) is 7.92. The average Bonchev–Trinajstić information content (AvgIpc) is 2.66. The number of amides is 2. The Morgan fingerprint density at radius 2 is 1.67 bits per heavy atom. The number of carbonyl (C=O) groups excluding carboxylic acids is 1. The van der Waals surface area contributed by atoms with Gasteiger partial charge in [-0.2, -0.15) is 0 Å². The van der Waals surface area contributed by atoms with E-state index in [9.17, 15) is 9.59 Å². The van der Waals surface area contributed by atoms with E-state index in [2.05, 4.69) is 10.6 Å². The van der Waals surface area contributed by atoms with Gasteiger partial charge in [0.25, 0.3) is 0 Å². The molecule has 0 radical (unpaired) electrons. The first-order valence-corrected chi connectivity index (χ1v) is 8.93. The first kappa shape index (κ1) is 20.5. The fourth-order valence-corrected chi connectivity index (χ4v) is 2.76. The number of carboxylic acid groups (broad SMARTS) is 1. The van der Waals surface area contributed by atoms with Gasteiger partial charge in [0.1, 0.15) is 0 Å². The molecule has 6 nitrogen and oxygen atoms in total. The predicted molar refractivity (Wildman–Crippen MR) is 103 cm³/mol. The zero-order valence-electron chi connectivity index (χ0n) is 15.5. The van der Waals surface area contributed by atoms with Crippen LogP contribution in [-0.2, 0) is 29.1 Å². The molecule has 0 aliphatic rings. The summed E-state index contributed by atoms with van der Waals surface area (Å²) in [6.07, 6.45) is 0.982. The van der Waals surface area contributed by atoms with Gasteiger partial charge in [-0.05, 0) is 29.5 Å². The van der Waals surface area contributed by atoms with Gasteiger partial charge >= 0.3 is 12.0 Å². The van der Waals surface area contributed by atoms with Crippen molar-refractivity contribution in [2.75, 3.05) is 7.11 Å². The fraction of sp³-hybridized carbons (Fsp3) is 0.333. The highest BCUT2D eigenvalue weighted by atomic mass is 16.5. The molecule has 6 heteroatoms. The summed E-state index contributed by atoms with van der Waals surface area (Å²) in [6.45, 7) is 0.953. The number of rotatable bonds is 10. The lowest BCUT2D eigenvalue weighted by Gasteiger charge is -2.19. The summed E-state index contributed by atoms with van der Waals surface area (Å²) in [6, 6.07) is 17.0. The lowest BCUT2D eigenvalue weighted by molar-refractivity contribution is -0.137. The molecule has 2 rings (SSSR count). The van der Waals surface area contributed by atoms with Crippen LogP contribution in [0.25, 0.3) is 0 Å². The van der Waals surface area contributed by atoms with E-state index in [0.717, 1.165) is 16.7 Å². The number of aliphatic carboxylic acids is 1. The smallest absolute Gasteiger partial charge is 0.315 e. The number of hydrogen-bond acceptors (Lipinski definition) is 3. The SMILES string of the molecule is COCc1ccc(CNC(=O)NC(CCC(=O)O)Cc2ccccc2)cc1. The largest absolute Gasteiger partial charge is 0.481 e. The third-order valence-electron chi connectivity index (χ3n) is 4.15. The molecule has 2 aromatic carbocycles. The number of nitrogens with one attached hydrogen (secondary N) is 2. The van der Waals surface area contributed by atoms with Crippen molar-refractivity contribution in [2.45, 2.75) is 38.5 Å². The van der Waals surface area contributed by atoms with E-state index in [1.807, 2.05) is 54.6 Å². The van der Waals surface area contributed by atoms with Crippen LogP contribution in [0.4, 0.5) is 4.79 Å². The summed E-state index contributed by atoms with van der Waals surface area (Å²) in [5.41, 5.74) is 3.11. The van der Waals surface area contributed by atoms with Gasteiger partial charge in [0, 0.05) is 26.1 Å². The summed E-state index contributed by atoms with van der Waals surface area (Å²) >= 11 is 0. The molecule has 0 aromatic heterocycles. The van der Waals surface area contributed by atoms with Crippen molar-refractivity contribution in [3.05, 3.63) is 71.3 Å². The van der Waals surface area contributed by atoms with Crippen LogP contribution < -0.4 is 10.6 Å². The summed E-state index contributed by atoms with van der Waals surface area (Å²) in [4.78, 5) is 23.1. The van der Waals surface area contributed by atoms with Crippen LogP contribution >= 0.6 is 0 Å². The molecule has 0 aliphatic carbocycles. The molecule has 3 N–H and O–H groups in total. The van der Waals surface area contributed by atoms with Crippen LogP contribution in [0.5, 0.6) is 0 Å². The van der Waals surface area contributed by atoms with E-state index in [4.69, 9.17) is 9.84 Å². The molecule has 0 heterocycles. The first-order valence-electron chi connectivity index (χ1n) is 8.93. The Hall–Kier alpha value is -2.86. The number of methoxy groups -OCH3 is 1. The Labute approximate surface area is 159 Å². The Morgan fingerprint density at radius 1 is 1.00 bits per heavy atom. The number of hydrogen-bond donors (Lipinski definition) is 3. The van der Waals surface area contributed by atoms with Gasteiger partial charge in [-0.25, -0.2) is 4.79 Å². The van der Waals surface area contributed by atoms with Crippen molar-refractivity contribution in [1.82, 2.24) is 10.6 Å². The second kappa shape index (κ2) is 11.0. The van der Waals surface area contributed by atoms with E-state index in [1.54, 1.807) is 7.11 Å². The molecule has 0 spiro atoms. The monoisotopic (exact) mass is 370 g/mol.